The van der Waals surface area contributed by atoms with Gasteiger partial charge in [-0.15, -0.1) is 0 Å². The number of hydrogen-bond donors (Lipinski definition) is 1. The van der Waals surface area contributed by atoms with Gasteiger partial charge in [-0.05, 0) is 44.4 Å². The van der Waals surface area contributed by atoms with Gasteiger partial charge in [-0.1, -0.05) is 31.2 Å². The molecule has 0 bridgehead atoms. The molecule has 1 aromatic heterocycles. The first-order valence-electron chi connectivity index (χ1n) is 9.14. The van der Waals surface area contributed by atoms with Crippen molar-refractivity contribution in [2.24, 2.45) is 0 Å². The average Bonchev–Trinajstić information content (AvgIpc) is 2.98. The fraction of sp³-hybridized carbons (Fsp3) is 0.500. The monoisotopic (exact) mass is 340 g/mol. The van der Waals surface area contributed by atoms with Crippen molar-refractivity contribution in [2.75, 3.05) is 19.6 Å². The minimum absolute atomic E-state index is 0.0755. The fourth-order valence-corrected chi connectivity index (χ4v) is 3.62. The van der Waals surface area contributed by atoms with Gasteiger partial charge in [0, 0.05) is 25.3 Å². The Labute approximate surface area is 150 Å². The quantitative estimate of drug-likeness (QED) is 0.931. The summed E-state index contributed by atoms with van der Waals surface area (Å²) in [5.74, 6) is 0.136. The number of amides is 1. The molecular formula is C20H28N4O. The van der Waals surface area contributed by atoms with E-state index in [1.807, 2.05) is 36.4 Å². The lowest BCUT2D eigenvalue weighted by Crippen LogP contribution is -2.50. The van der Waals surface area contributed by atoms with Gasteiger partial charge in [-0.3, -0.25) is 9.48 Å². The zero-order valence-corrected chi connectivity index (χ0v) is 15.6. The molecule has 2 unspecified atom stereocenters. The molecule has 25 heavy (non-hydrogen) atoms. The molecule has 2 heterocycles. The summed E-state index contributed by atoms with van der Waals surface area (Å²) in [6, 6.07) is 10.4. The van der Waals surface area contributed by atoms with Crippen LogP contribution in [0.5, 0.6) is 0 Å². The summed E-state index contributed by atoms with van der Waals surface area (Å²) >= 11 is 0. The smallest absolute Gasteiger partial charge is 0.247 e. The first kappa shape index (κ1) is 17.7. The van der Waals surface area contributed by atoms with E-state index in [1.165, 1.54) is 11.1 Å². The summed E-state index contributed by atoms with van der Waals surface area (Å²) < 4.78 is 1.84. The van der Waals surface area contributed by atoms with Crippen LogP contribution in [0.4, 0.5) is 0 Å². The second-order valence-corrected chi connectivity index (χ2v) is 6.89. The van der Waals surface area contributed by atoms with Crippen LogP contribution in [0.2, 0.25) is 0 Å². The van der Waals surface area contributed by atoms with E-state index in [0.29, 0.717) is 0 Å². The molecule has 2 aromatic rings. The topological polar surface area (TPSA) is 50.2 Å². The van der Waals surface area contributed by atoms with Gasteiger partial charge < -0.3 is 10.2 Å². The Morgan fingerprint density at radius 2 is 2.04 bits per heavy atom. The fourth-order valence-electron chi connectivity index (χ4n) is 3.62. The van der Waals surface area contributed by atoms with Crippen molar-refractivity contribution in [1.29, 1.82) is 0 Å². The third kappa shape index (κ3) is 3.61. The highest BCUT2D eigenvalue weighted by Crippen LogP contribution is 2.26. The van der Waals surface area contributed by atoms with E-state index in [-0.39, 0.29) is 18.0 Å². The number of piperazine rings is 1. The number of carbonyl (C=O) groups is 1. The van der Waals surface area contributed by atoms with E-state index >= 15 is 0 Å². The van der Waals surface area contributed by atoms with Gasteiger partial charge in [0.25, 0.3) is 0 Å². The van der Waals surface area contributed by atoms with Crippen molar-refractivity contribution < 1.29 is 4.79 Å². The van der Waals surface area contributed by atoms with Gasteiger partial charge in [0.05, 0.1) is 11.7 Å². The Kier molecular flexibility index (Phi) is 5.23. The average molecular weight is 340 g/mol. The molecule has 5 nitrogen and oxygen atoms in total. The molecule has 3 rings (SSSR count). The lowest BCUT2D eigenvalue weighted by atomic mass is 10.00. The maximum atomic E-state index is 13.2. The van der Waals surface area contributed by atoms with Gasteiger partial charge in [-0.25, -0.2) is 0 Å². The number of benzene rings is 1. The molecule has 1 N–H and O–H groups in total. The number of nitrogens with zero attached hydrogens (tertiary/aromatic N) is 3. The maximum absolute atomic E-state index is 13.2. The number of hydrogen-bond acceptors (Lipinski definition) is 3. The second kappa shape index (κ2) is 7.40. The van der Waals surface area contributed by atoms with Gasteiger partial charge in [0.15, 0.2) is 0 Å². The van der Waals surface area contributed by atoms with Crippen LogP contribution in [0.15, 0.2) is 30.3 Å². The predicted molar refractivity (Wildman–Crippen MR) is 99.6 cm³/mol. The molecular weight excluding hydrogens is 312 g/mol. The van der Waals surface area contributed by atoms with Crippen LogP contribution in [0.3, 0.4) is 0 Å². The number of nitrogens with one attached hydrogen (secondary N) is 1. The largest absolute Gasteiger partial charge is 0.331 e. The molecule has 1 aromatic carbocycles. The van der Waals surface area contributed by atoms with Crippen molar-refractivity contribution in [3.63, 3.8) is 0 Å². The van der Waals surface area contributed by atoms with Crippen molar-refractivity contribution in [3.8, 4) is 0 Å². The number of aryl methyl sites for hydroxylation is 3. The minimum Gasteiger partial charge on any atom is -0.331 e. The molecule has 0 saturated carbocycles. The number of aromatic nitrogens is 2. The van der Waals surface area contributed by atoms with Gasteiger partial charge in [0.2, 0.25) is 5.91 Å². The highest BCUT2D eigenvalue weighted by atomic mass is 16.2. The van der Waals surface area contributed by atoms with Gasteiger partial charge >= 0.3 is 0 Å². The Morgan fingerprint density at radius 3 is 2.64 bits per heavy atom. The van der Waals surface area contributed by atoms with E-state index < -0.39 is 0 Å². The second-order valence-electron chi connectivity index (χ2n) is 6.89. The Hall–Kier alpha value is -2.14. The predicted octanol–water partition coefficient (Wildman–Crippen LogP) is 2.80. The Morgan fingerprint density at radius 1 is 1.32 bits per heavy atom. The summed E-state index contributed by atoms with van der Waals surface area (Å²) in [4.78, 5) is 15.2. The van der Waals surface area contributed by atoms with Crippen LogP contribution in [0, 0.1) is 13.8 Å². The van der Waals surface area contributed by atoms with E-state index in [4.69, 9.17) is 0 Å². The molecule has 1 amide bonds. The Balaban J connectivity index is 1.84. The van der Waals surface area contributed by atoms with E-state index in [9.17, 15) is 4.79 Å². The van der Waals surface area contributed by atoms with Crippen LogP contribution in [-0.4, -0.2) is 40.2 Å². The summed E-state index contributed by atoms with van der Waals surface area (Å²) in [5, 5.41) is 7.92. The number of rotatable bonds is 4. The standard InChI is InChI=1S/C20H28N4O/c1-5-17-6-8-18(9-7-17)19-13-21-10-11-23(19)20(25)16(4)24-15(3)12-14(2)22-24/h6-9,12,16,19,21H,5,10-11,13H2,1-4H3. The maximum Gasteiger partial charge on any atom is 0.247 e. The lowest BCUT2D eigenvalue weighted by Gasteiger charge is -2.38. The molecule has 0 spiro atoms. The third-order valence-electron chi connectivity index (χ3n) is 5.07. The molecule has 1 fully saturated rings. The lowest BCUT2D eigenvalue weighted by molar-refractivity contribution is -0.138. The summed E-state index contributed by atoms with van der Waals surface area (Å²) in [6.07, 6.45) is 1.03. The molecule has 134 valence electrons. The van der Waals surface area contributed by atoms with E-state index in [2.05, 4.69) is 41.6 Å². The third-order valence-corrected chi connectivity index (χ3v) is 5.07. The van der Waals surface area contributed by atoms with Crippen LogP contribution in [-0.2, 0) is 11.2 Å². The number of carbonyl (C=O) groups excluding carboxylic acids is 1. The van der Waals surface area contributed by atoms with E-state index in [1.54, 1.807) is 0 Å². The molecule has 2 atom stereocenters. The summed E-state index contributed by atoms with van der Waals surface area (Å²) in [6.45, 7) is 10.4. The van der Waals surface area contributed by atoms with Crippen molar-refractivity contribution in [1.82, 2.24) is 20.0 Å². The van der Waals surface area contributed by atoms with E-state index in [0.717, 1.165) is 37.4 Å². The van der Waals surface area contributed by atoms with Crippen LogP contribution < -0.4 is 5.32 Å². The molecule has 0 aliphatic carbocycles. The molecule has 1 aliphatic heterocycles. The molecule has 5 heteroatoms. The first-order valence-corrected chi connectivity index (χ1v) is 9.14. The van der Waals surface area contributed by atoms with Crippen molar-refractivity contribution >= 4 is 5.91 Å². The zero-order valence-electron chi connectivity index (χ0n) is 15.6. The van der Waals surface area contributed by atoms with Crippen LogP contribution in [0.25, 0.3) is 0 Å². The SMILES string of the molecule is CCc1ccc(C2CNCCN2C(=O)C(C)n2nc(C)cc2C)cc1. The van der Waals surface area contributed by atoms with Crippen LogP contribution >= 0.6 is 0 Å². The Bertz CT molecular complexity index is 735. The van der Waals surface area contributed by atoms with Gasteiger partial charge in [-0.2, -0.15) is 5.10 Å². The highest BCUT2D eigenvalue weighted by molar-refractivity contribution is 5.80. The normalized spacial score (nSPS) is 19.0. The molecule has 0 radical (unpaired) electrons. The summed E-state index contributed by atoms with van der Waals surface area (Å²) in [5.41, 5.74) is 4.49. The minimum atomic E-state index is -0.288. The van der Waals surface area contributed by atoms with Crippen molar-refractivity contribution in [3.05, 3.63) is 52.8 Å². The van der Waals surface area contributed by atoms with Crippen molar-refractivity contribution in [2.45, 2.75) is 46.2 Å². The highest BCUT2D eigenvalue weighted by Gasteiger charge is 2.32. The first-order chi connectivity index (χ1) is 12.0. The zero-order chi connectivity index (χ0) is 18.0. The summed E-state index contributed by atoms with van der Waals surface area (Å²) in [7, 11) is 0. The molecule has 1 saturated heterocycles. The van der Waals surface area contributed by atoms with Gasteiger partial charge in [0.1, 0.15) is 6.04 Å². The van der Waals surface area contributed by atoms with Crippen LogP contribution in [0.1, 0.15) is 48.4 Å². The molecule has 1 aliphatic rings.